The second-order valence-corrected chi connectivity index (χ2v) is 5.65. The molecule has 0 saturated carbocycles. The zero-order chi connectivity index (χ0) is 16.6. The van der Waals surface area contributed by atoms with Crippen molar-refractivity contribution in [2.24, 2.45) is 0 Å². The summed E-state index contributed by atoms with van der Waals surface area (Å²) in [6.45, 7) is 2.24. The van der Waals surface area contributed by atoms with Crippen LogP contribution in [0, 0.1) is 17.0 Å². The van der Waals surface area contributed by atoms with E-state index in [2.05, 4.69) is 10.2 Å². The number of halogens is 1. The number of likely N-dealkylation sites (tertiary alicyclic amines) is 1. The number of hydrogen-bond donors (Lipinski definition) is 0. The molecule has 2 heterocycles. The number of aromatic nitrogens is 2. The summed E-state index contributed by atoms with van der Waals surface area (Å²) in [6, 6.07) is 3.67. The number of carbonyl (C=O) groups is 1. The fourth-order valence-corrected chi connectivity index (χ4v) is 2.92. The molecule has 1 amide bonds. The maximum atomic E-state index is 12.7. The van der Waals surface area contributed by atoms with Gasteiger partial charge in [-0.25, -0.2) is 0 Å². The maximum Gasteiger partial charge on any atom is 0.287 e. The van der Waals surface area contributed by atoms with Gasteiger partial charge < -0.3 is 9.32 Å². The van der Waals surface area contributed by atoms with Crippen LogP contribution >= 0.6 is 11.6 Å². The highest BCUT2D eigenvalue weighted by Crippen LogP contribution is 2.33. The van der Waals surface area contributed by atoms with Gasteiger partial charge in [0, 0.05) is 25.1 Å². The van der Waals surface area contributed by atoms with Crippen molar-refractivity contribution < 1.29 is 14.1 Å². The van der Waals surface area contributed by atoms with Crippen molar-refractivity contribution in [3.05, 3.63) is 50.7 Å². The highest BCUT2D eigenvalue weighted by atomic mass is 35.5. The minimum absolute atomic E-state index is 0.0646. The lowest BCUT2D eigenvalue weighted by molar-refractivity contribution is -0.384. The molecule has 8 nitrogen and oxygen atoms in total. The Morgan fingerprint density at radius 1 is 1.48 bits per heavy atom. The number of carbonyl (C=O) groups excluding carboxylic acids is 1. The summed E-state index contributed by atoms with van der Waals surface area (Å²) < 4.78 is 5.43. The SMILES string of the molecule is Cc1nnc(C2CCCN2C(=O)c2ccc([N+](=O)[O-])c(Cl)c2)o1. The molecule has 1 fully saturated rings. The summed E-state index contributed by atoms with van der Waals surface area (Å²) in [5.41, 5.74) is 0.0671. The minimum Gasteiger partial charge on any atom is -0.423 e. The van der Waals surface area contributed by atoms with Crippen LogP contribution in [0.4, 0.5) is 5.69 Å². The molecule has 1 atom stereocenters. The van der Waals surface area contributed by atoms with Crippen molar-refractivity contribution in [1.82, 2.24) is 15.1 Å². The highest BCUT2D eigenvalue weighted by molar-refractivity contribution is 6.33. The van der Waals surface area contributed by atoms with E-state index < -0.39 is 4.92 Å². The first-order valence-corrected chi connectivity index (χ1v) is 7.40. The number of hydrogen-bond acceptors (Lipinski definition) is 6. The largest absolute Gasteiger partial charge is 0.423 e. The van der Waals surface area contributed by atoms with E-state index in [1.807, 2.05) is 0 Å². The first-order valence-electron chi connectivity index (χ1n) is 7.02. The predicted octanol–water partition coefficient (Wildman–Crippen LogP) is 2.92. The van der Waals surface area contributed by atoms with E-state index in [1.54, 1.807) is 11.8 Å². The number of rotatable bonds is 3. The molecule has 2 aromatic rings. The molecule has 1 aliphatic heterocycles. The number of nitro benzene ring substituents is 1. The van der Waals surface area contributed by atoms with Gasteiger partial charge in [0.1, 0.15) is 11.1 Å². The Morgan fingerprint density at radius 3 is 2.87 bits per heavy atom. The molecular formula is C14H13ClN4O4. The molecule has 0 bridgehead atoms. The van der Waals surface area contributed by atoms with Crippen LogP contribution in [0.5, 0.6) is 0 Å². The molecule has 1 aliphatic rings. The molecule has 3 rings (SSSR count). The lowest BCUT2D eigenvalue weighted by Gasteiger charge is -2.22. The summed E-state index contributed by atoms with van der Waals surface area (Å²) in [6.07, 6.45) is 1.55. The van der Waals surface area contributed by atoms with Crippen molar-refractivity contribution >= 4 is 23.2 Å². The van der Waals surface area contributed by atoms with Gasteiger partial charge in [0.25, 0.3) is 11.6 Å². The topological polar surface area (TPSA) is 102 Å². The van der Waals surface area contributed by atoms with Gasteiger partial charge in [0.05, 0.1) is 4.92 Å². The number of benzene rings is 1. The van der Waals surface area contributed by atoms with E-state index in [1.165, 1.54) is 18.2 Å². The molecule has 9 heteroatoms. The third-order valence-electron chi connectivity index (χ3n) is 3.73. The molecule has 23 heavy (non-hydrogen) atoms. The van der Waals surface area contributed by atoms with Crippen LogP contribution in [-0.4, -0.2) is 32.5 Å². The fourth-order valence-electron chi connectivity index (χ4n) is 2.67. The number of amides is 1. The molecule has 1 saturated heterocycles. The second kappa shape index (κ2) is 5.96. The summed E-state index contributed by atoms with van der Waals surface area (Å²) in [5, 5.41) is 18.5. The molecule has 0 N–H and O–H groups in total. The summed E-state index contributed by atoms with van der Waals surface area (Å²) in [4.78, 5) is 24.5. The zero-order valence-electron chi connectivity index (χ0n) is 12.2. The van der Waals surface area contributed by atoms with Crippen molar-refractivity contribution in [3.8, 4) is 0 Å². The van der Waals surface area contributed by atoms with Crippen LogP contribution in [0.3, 0.4) is 0 Å². The van der Waals surface area contributed by atoms with Gasteiger partial charge in [0.2, 0.25) is 11.8 Å². The molecule has 0 spiro atoms. The van der Waals surface area contributed by atoms with E-state index in [0.717, 1.165) is 12.8 Å². The smallest absolute Gasteiger partial charge is 0.287 e. The molecule has 120 valence electrons. The Kier molecular flexibility index (Phi) is 3.99. The van der Waals surface area contributed by atoms with Gasteiger partial charge in [-0.05, 0) is 25.0 Å². The molecule has 1 unspecified atom stereocenters. The standard InChI is InChI=1S/C14H13ClN4O4/c1-8-16-17-13(23-8)12-3-2-6-18(12)14(20)9-4-5-11(19(21)22)10(15)7-9/h4-5,7,12H,2-3,6H2,1H3. The van der Waals surface area contributed by atoms with Gasteiger partial charge in [-0.1, -0.05) is 11.6 Å². The average molecular weight is 337 g/mol. The van der Waals surface area contributed by atoms with Crippen LogP contribution in [-0.2, 0) is 0 Å². The fraction of sp³-hybridized carbons (Fsp3) is 0.357. The normalized spacial score (nSPS) is 17.5. The summed E-state index contributed by atoms with van der Waals surface area (Å²) in [5.74, 6) is 0.583. The Balaban J connectivity index is 1.87. The zero-order valence-corrected chi connectivity index (χ0v) is 13.0. The minimum atomic E-state index is -0.587. The number of nitro groups is 1. The Labute approximate surface area is 136 Å². The van der Waals surface area contributed by atoms with Crippen LogP contribution in [0.2, 0.25) is 5.02 Å². The number of aryl methyl sites for hydroxylation is 1. The van der Waals surface area contributed by atoms with Crippen molar-refractivity contribution in [2.75, 3.05) is 6.54 Å². The van der Waals surface area contributed by atoms with Crippen LogP contribution in [0.15, 0.2) is 22.6 Å². The van der Waals surface area contributed by atoms with Gasteiger partial charge in [0.15, 0.2) is 0 Å². The first kappa shape index (κ1) is 15.4. The van der Waals surface area contributed by atoms with Crippen molar-refractivity contribution in [3.63, 3.8) is 0 Å². The summed E-state index contributed by atoms with van der Waals surface area (Å²) in [7, 11) is 0. The Hall–Kier alpha value is -2.48. The molecule has 1 aromatic carbocycles. The summed E-state index contributed by atoms with van der Waals surface area (Å²) >= 11 is 5.88. The highest BCUT2D eigenvalue weighted by Gasteiger charge is 2.34. The van der Waals surface area contributed by atoms with Crippen molar-refractivity contribution in [1.29, 1.82) is 0 Å². The van der Waals surface area contributed by atoms with Gasteiger partial charge >= 0.3 is 0 Å². The first-order chi connectivity index (χ1) is 11.0. The quantitative estimate of drug-likeness (QED) is 0.630. The molecule has 1 aromatic heterocycles. The van der Waals surface area contributed by atoms with Crippen LogP contribution < -0.4 is 0 Å². The monoisotopic (exact) mass is 336 g/mol. The third kappa shape index (κ3) is 2.89. The lowest BCUT2D eigenvalue weighted by atomic mass is 10.1. The van der Waals surface area contributed by atoms with Crippen molar-refractivity contribution in [2.45, 2.75) is 25.8 Å². The van der Waals surface area contributed by atoms with E-state index >= 15 is 0 Å². The third-order valence-corrected chi connectivity index (χ3v) is 4.03. The molecular weight excluding hydrogens is 324 g/mol. The van der Waals surface area contributed by atoms with Gasteiger partial charge in [-0.15, -0.1) is 10.2 Å². The van der Waals surface area contributed by atoms with Crippen LogP contribution in [0.1, 0.15) is 41.0 Å². The van der Waals surface area contributed by atoms with Gasteiger partial charge in [-0.3, -0.25) is 14.9 Å². The van der Waals surface area contributed by atoms with E-state index in [9.17, 15) is 14.9 Å². The maximum absolute atomic E-state index is 12.7. The van der Waals surface area contributed by atoms with E-state index in [-0.39, 0.29) is 22.7 Å². The Bertz CT molecular complexity index is 776. The Morgan fingerprint density at radius 2 is 2.26 bits per heavy atom. The predicted molar refractivity (Wildman–Crippen MR) is 80.2 cm³/mol. The van der Waals surface area contributed by atoms with Gasteiger partial charge in [-0.2, -0.15) is 0 Å². The molecule has 0 radical (unpaired) electrons. The van der Waals surface area contributed by atoms with Crippen LogP contribution in [0.25, 0.3) is 0 Å². The lowest BCUT2D eigenvalue weighted by Crippen LogP contribution is -2.30. The van der Waals surface area contributed by atoms with E-state index in [4.69, 9.17) is 16.0 Å². The molecule has 0 aliphatic carbocycles. The second-order valence-electron chi connectivity index (χ2n) is 5.24. The number of nitrogens with zero attached hydrogens (tertiary/aromatic N) is 4. The average Bonchev–Trinajstić information content (AvgIpc) is 3.14. The van der Waals surface area contributed by atoms with E-state index in [0.29, 0.717) is 23.9 Å².